The Kier molecular flexibility index (Phi) is 7.85. The van der Waals surface area contributed by atoms with Gasteiger partial charge in [0.2, 0.25) is 5.91 Å². The fourth-order valence-electron chi connectivity index (χ4n) is 5.63. The van der Waals surface area contributed by atoms with E-state index in [0.717, 1.165) is 75.4 Å². The van der Waals surface area contributed by atoms with Crippen LogP contribution in [-0.2, 0) is 22.4 Å². The highest BCUT2D eigenvalue weighted by Crippen LogP contribution is 2.40. The lowest BCUT2D eigenvalue weighted by Gasteiger charge is -2.33. The fourth-order valence-corrected chi connectivity index (χ4v) is 5.63. The van der Waals surface area contributed by atoms with E-state index in [4.69, 9.17) is 4.98 Å². The van der Waals surface area contributed by atoms with Gasteiger partial charge in [-0.15, -0.1) is 0 Å². The second-order valence-corrected chi connectivity index (χ2v) is 10.7. The van der Waals surface area contributed by atoms with Crippen LogP contribution >= 0.6 is 0 Å². The summed E-state index contributed by atoms with van der Waals surface area (Å²) >= 11 is 0. The van der Waals surface area contributed by atoms with Crippen molar-refractivity contribution in [2.75, 3.05) is 31.5 Å². The maximum absolute atomic E-state index is 13.2. The number of rotatable bonds is 10. The second kappa shape index (κ2) is 11.4. The van der Waals surface area contributed by atoms with Crippen molar-refractivity contribution in [2.24, 2.45) is 5.92 Å². The van der Waals surface area contributed by atoms with Gasteiger partial charge in [0.1, 0.15) is 5.82 Å². The molecule has 3 N–H and O–H groups in total. The molecule has 1 aromatic carbocycles. The fraction of sp³-hybridized carbons (Fsp3) is 0.552. The molecule has 3 aliphatic rings. The summed E-state index contributed by atoms with van der Waals surface area (Å²) in [6.07, 6.45) is 8.33. The molecular weight excluding hydrogens is 452 g/mol. The summed E-state index contributed by atoms with van der Waals surface area (Å²) < 4.78 is 0. The van der Waals surface area contributed by atoms with Crippen molar-refractivity contribution < 1.29 is 14.7 Å². The normalized spacial score (nSPS) is 20.7. The van der Waals surface area contributed by atoms with E-state index in [1.807, 2.05) is 12.1 Å². The number of hydrogen-bond donors (Lipinski definition) is 3. The number of nitrogens with one attached hydrogen (secondary N) is 2. The number of carbonyl (C=O) groups excluding carboxylic acids is 1. The van der Waals surface area contributed by atoms with Crippen LogP contribution in [0, 0.1) is 5.92 Å². The topological polar surface area (TPSA) is 94.6 Å². The summed E-state index contributed by atoms with van der Waals surface area (Å²) in [5.41, 5.74) is 4.59. The molecule has 1 aromatic heterocycles. The first-order chi connectivity index (χ1) is 17.5. The summed E-state index contributed by atoms with van der Waals surface area (Å²) in [7, 11) is 0. The van der Waals surface area contributed by atoms with E-state index in [-0.39, 0.29) is 18.2 Å². The minimum absolute atomic E-state index is 0.0230. The van der Waals surface area contributed by atoms with Gasteiger partial charge in [-0.1, -0.05) is 30.3 Å². The molecule has 1 saturated heterocycles. The Morgan fingerprint density at radius 2 is 2.06 bits per heavy atom. The van der Waals surface area contributed by atoms with Crippen molar-refractivity contribution in [1.82, 2.24) is 15.2 Å². The minimum Gasteiger partial charge on any atom is -0.481 e. The lowest BCUT2D eigenvalue weighted by Crippen LogP contribution is -2.44. The predicted octanol–water partition coefficient (Wildman–Crippen LogP) is 4.29. The number of anilines is 1. The van der Waals surface area contributed by atoms with Gasteiger partial charge >= 0.3 is 5.97 Å². The van der Waals surface area contributed by atoms with Crippen LogP contribution < -0.4 is 10.6 Å². The van der Waals surface area contributed by atoms with Crippen molar-refractivity contribution in [3.8, 4) is 0 Å². The summed E-state index contributed by atoms with van der Waals surface area (Å²) in [4.78, 5) is 32.0. The highest BCUT2D eigenvalue weighted by Gasteiger charge is 2.29. The number of fused-ring (bicyclic) bond motifs is 1. The lowest BCUT2D eigenvalue weighted by molar-refractivity contribution is -0.138. The van der Waals surface area contributed by atoms with Crippen LogP contribution in [0.15, 0.2) is 36.4 Å². The number of carboxylic acid groups (broad SMARTS) is 1. The highest BCUT2D eigenvalue weighted by atomic mass is 16.4. The van der Waals surface area contributed by atoms with Crippen LogP contribution in [0.5, 0.6) is 0 Å². The van der Waals surface area contributed by atoms with Crippen LogP contribution in [0.25, 0.3) is 0 Å². The number of nitrogens with zero attached hydrogens (tertiary/aromatic N) is 2. The molecule has 0 bridgehead atoms. The van der Waals surface area contributed by atoms with Crippen LogP contribution in [0.2, 0.25) is 0 Å². The molecule has 1 unspecified atom stereocenters. The number of aryl methyl sites for hydroxylation is 2. The standard InChI is InChI=1S/C29H38N4O3/c34-27(35)18-26(23-6-1-5-22(17-23)20-10-11-20)32-29(36)24-8-3-15-33(19-24)16-4-9-25-13-12-21-7-2-14-30-28(21)31-25/h1,5-6,12-13,17,20,24,26H,2-4,7-11,14-16,18-19H2,(H,30,31)(H,32,36)(H,34,35)/t24-,26?/m1/s1. The number of amides is 1. The van der Waals surface area contributed by atoms with Gasteiger partial charge in [0.15, 0.2) is 0 Å². The maximum Gasteiger partial charge on any atom is 0.305 e. The molecule has 1 amide bonds. The van der Waals surface area contributed by atoms with E-state index in [1.165, 1.54) is 30.4 Å². The van der Waals surface area contributed by atoms with Crippen molar-refractivity contribution in [3.63, 3.8) is 0 Å². The summed E-state index contributed by atoms with van der Waals surface area (Å²) in [6.45, 7) is 3.68. The molecule has 36 heavy (non-hydrogen) atoms. The van der Waals surface area contributed by atoms with E-state index < -0.39 is 12.0 Å². The average Bonchev–Trinajstić information content (AvgIpc) is 3.74. The molecule has 1 aliphatic carbocycles. The van der Waals surface area contributed by atoms with Gasteiger partial charge in [0.05, 0.1) is 18.4 Å². The number of carbonyl (C=O) groups is 2. The number of carboxylic acids is 1. The molecular formula is C29H38N4O3. The Labute approximate surface area is 213 Å². The van der Waals surface area contributed by atoms with Gasteiger partial charge in [0.25, 0.3) is 0 Å². The molecule has 0 spiro atoms. The van der Waals surface area contributed by atoms with E-state index >= 15 is 0 Å². The number of pyridine rings is 1. The molecule has 3 heterocycles. The second-order valence-electron chi connectivity index (χ2n) is 10.7. The summed E-state index contributed by atoms with van der Waals surface area (Å²) in [5, 5.41) is 16.0. The van der Waals surface area contributed by atoms with Gasteiger partial charge in [-0.2, -0.15) is 0 Å². The Bertz CT molecular complexity index is 1080. The molecule has 0 radical (unpaired) electrons. The third-order valence-electron chi connectivity index (χ3n) is 7.79. The van der Waals surface area contributed by atoms with Crippen LogP contribution in [-0.4, -0.2) is 53.0 Å². The number of likely N-dealkylation sites (tertiary alicyclic amines) is 1. The van der Waals surface area contributed by atoms with Crippen molar-refractivity contribution in [1.29, 1.82) is 0 Å². The Hall–Kier alpha value is -2.93. The molecule has 1 saturated carbocycles. The number of hydrogen-bond acceptors (Lipinski definition) is 5. The third kappa shape index (κ3) is 6.44. The van der Waals surface area contributed by atoms with Crippen LogP contribution in [0.3, 0.4) is 0 Å². The number of aliphatic carboxylic acids is 1. The molecule has 5 rings (SSSR count). The zero-order chi connectivity index (χ0) is 24.9. The molecule has 2 aromatic rings. The van der Waals surface area contributed by atoms with Crippen molar-refractivity contribution in [3.05, 3.63) is 58.8 Å². The quantitative estimate of drug-likeness (QED) is 0.460. The zero-order valence-corrected chi connectivity index (χ0v) is 21.0. The molecule has 7 heteroatoms. The zero-order valence-electron chi connectivity index (χ0n) is 21.0. The van der Waals surface area contributed by atoms with Gasteiger partial charge in [-0.25, -0.2) is 4.98 Å². The van der Waals surface area contributed by atoms with E-state index in [9.17, 15) is 14.7 Å². The monoisotopic (exact) mass is 490 g/mol. The smallest absolute Gasteiger partial charge is 0.305 e. The Balaban J connectivity index is 1.14. The first-order valence-electron chi connectivity index (χ1n) is 13.6. The van der Waals surface area contributed by atoms with E-state index in [0.29, 0.717) is 5.92 Å². The van der Waals surface area contributed by atoms with Gasteiger partial charge in [-0.05, 0) is 93.1 Å². The summed E-state index contributed by atoms with van der Waals surface area (Å²) in [6, 6.07) is 12.0. The van der Waals surface area contributed by atoms with Crippen molar-refractivity contribution >= 4 is 17.7 Å². The van der Waals surface area contributed by atoms with Gasteiger partial charge in [0, 0.05) is 18.8 Å². The first kappa shape index (κ1) is 24.8. The Morgan fingerprint density at radius 3 is 2.89 bits per heavy atom. The Morgan fingerprint density at radius 1 is 1.17 bits per heavy atom. The van der Waals surface area contributed by atoms with Crippen LogP contribution in [0.4, 0.5) is 5.82 Å². The number of piperidine rings is 1. The maximum atomic E-state index is 13.2. The number of benzene rings is 1. The third-order valence-corrected chi connectivity index (χ3v) is 7.79. The summed E-state index contributed by atoms with van der Waals surface area (Å²) in [5.74, 6) is 0.615. The van der Waals surface area contributed by atoms with Crippen molar-refractivity contribution in [2.45, 2.75) is 69.7 Å². The SMILES string of the molecule is O=C(O)CC(NC(=O)[C@@H]1CCCN(CCCc2ccc3c(n2)NCCC3)C1)c1cccc(C2CC2)c1. The van der Waals surface area contributed by atoms with E-state index in [1.54, 1.807) is 0 Å². The van der Waals surface area contributed by atoms with Gasteiger partial charge in [-0.3, -0.25) is 9.59 Å². The molecule has 7 nitrogen and oxygen atoms in total. The molecule has 2 atom stereocenters. The first-order valence-corrected chi connectivity index (χ1v) is 13.6. The predicted molar refractivity (Wildman–Crippen MR) is 140 cm³/mol. The molecule has 2 fully saturated rings. The van der Waals surface area contributed by atoms with Crippen LogP contribution in [0.1, 0.15) is 79.3 Å². The lowest BCUT2D eigenvalue weighted by atomic mass is 9.94. The largest absolute Gasteiger partial charge is 0.481 e. The van der Waals surface area contributed by atoms with E-state index in [2.05, 4.69) is 39.8 Å². The number of aromatic nitrogens is 1. The average molecular weight is 491 g/mol. The molecule has 192 valence electrons. The molecule has 2 aliphatic heterocycles. The highest BCUT2D eigenvalue weighted by molar-refractivity contribution is 5.80. The minimum atomic E-state index is -0.895. The van der Waals surface area contributed by atoms with Gasteiger partial charge < -0.3 is 20.6 Å².